The Kier molecular flexibility index (Phi) is 4.11. The highest BCUT2D eigenvalue weighted by molar-refractivity contribution is 14.1. The molecule has 2 heteroatoms. The van der Waals surface area contributed by atoms with E-state index in [0.717, 1.165) is 17.6 Å². The summed E-state index contributed by atoms with van der Waals surface area (Å²) in [6, 6.07) is 8.36. The number of hydrogen-bond acceptors (Lipinski definition) is 1. The van der Waals surface area contributed by atoms with Crippen molar-refractivity contribution in [2.24, 2.45) is 11.8 Å². The Morgan fingerprint density at radius 1 is 1.00 bits per heavy atom. The van der Waals surface area contributed by atoms with E-state index in [4.69, 9.17) is 4.74 Å². The topological polar surface area (TPSA) is 9.23 Å². The van der Waals surface area contributed by atoms with Gasteiger partial charge in [0.25, 0.3) is 0 Å². The Balaban J connectivity index is 1.96. The molecule has 2 unspecified atom stereocenters. The number of halogens is 1. The van der Waals surface area contributed by atoms with Crippen LogP contribution < -0.4 is 4.74 Å². The van der Waals surface area contributed by atoms with Crippen molar-refractivity contribution in [3.63, 3.8) is 0 Å². The molecule has 1 fully saturated rings. The summed E-state index contributed by atoms with van der Waals surface area (Å²) in [6.07, 6.45) is 4.18. The van der Waals surface area contributed by atoms with E-state index in [1.165, 1.54) is 22.8 Å². The summed E-state index contributed by atoms with van der Waals surface area (Å²) >= 11 is 2.32. The molecule has 0 N–H and O–H groups in total. The molecule has 88 valence electrons. The molecule has 0 radical (unpaired) electrons. The molecule has 0 amide bonds. The van der Waals surface area contributed by atoms with Crippen LogP contribution in [0.4, 0.5) is 0 Å². The Morgan fingerprint density at radius 3 is 2.12 bits per heavy atom. The van der Waals surface area contributed by atoms with Crippen molar-refractivity contribution in [3.8, 4) is 5.75 Å². The van der Waals surface area contributed by atoms with Gasteiger partial charge in [0.1, 0.15) is 5.75 Å². The van der Waals surface area contributed by atoms with E-state index in [1.807, 2.05) is 0 Å². The maximum atomic E-state index is 6.05. The Hall–Kier alpha value is -0.250. The lowest BCUT2D eigenvalue weighted by molar-refractivity contribution is 0.101. The fourth-order valence-corrected chi connectivity index (χ4v) is 3.03. The average Bonchev–Trinajstić information content (AvgIpc) is 2.20. The third kappa shape index (κ3) is 3.37. The fourth-order valence-electron chi connectivity index (χ4n) is 2.67. The van der Waals surface area contributed by atoms with Gasteiger partial charge in [-0.15, -0.1) is 0 Å². The van der Waals surface area contributed by atoms with Gasteiger partial charge in [-0.3, -0.25) is 0 Å². The van der Waals surface area contributed by atoms with Crippen LogP contribution in [0.5, 0.6) is 5.75 Å². The fraction of sp³-hybridized carbons (Fsp3) is 0.571. The second kappa shape index (κ2) is 5.39. The third-order valence-corrected chi connectivity index (χ3v) is 3.97. The number of ether oxygens (including phenoxy) is 1. The highest BCUT2D eigenvalue weighted by Crippen LogP contribution is 2.31. The predicted molar refractivity (Wildman–Crippen MR) is 75.8 cm³/mol. The molecule has 1 nitrogen and oxygen atoms in total. The summed E-state index contributed by atoms with van der Waals surface area (Å²) < 4.78 is 7.31. The molecule has 0 aliphatic heterocycles. The van der Waals surface area contributed by atoms with Crippen molar-refractivity contribution in [2.45, 2.75) is 39.2 Å². The Bertz CT molecular complexity index is 323. The van der Waals surface area contributed by atoms with Gasteiger partial charge in [-0.05, 0) is 78.0 Å². The molecule has 1 aromatic rings. The molecule has 2 rings (SSSR count). The van der Waals surface area contributed by atoms with Gasteiger partial charge in [0.05, 0.1) is 6.10 Å². The summed E-state index contributed by atoms with van der Waals surface area (Å²) in [4.78, 5) is 0. The van der Waals surface area contributed by atoms with Crippen molar-refractivity contribution in [1.82, 2.24) is 0 Å². The normalized spacial score (nSPS) is 30.1. The average molecular weight is 330 g/mol. The minimum atomic E-state index is 0.416. The third-order valence-electron chi connectivity index (χ3n) is 3.25. The molecule has 16 heavy (non-hydrogen) atoms. The van der Waals surface area contributed by atoms with Crippen LogP contribution in [0.25, 0.3) is 0 Å². The van der Waals surface area contributed by atoms with Gasteiger partial charge in [0, 0.05) is 3.57 Å². The van der Waals surface area contributed by atoms with Gasteiger partial charge < -0.3 is 4.74 Å². The maximum Gasteiger partial charge on any atom is 0.119 e. The zero-order valence-corrected chi connectivity index (χ0v) is 12.1. The lowest BCUT2D eigenvalue weighted by atomic mass is 9.82. The highest BCUT2D eigenvalue weighted by Gasteiger charge is 2.25. The lowest BCUT2D eigenvalue weighted by Gasteiger charge is -2.31. The van der Waals surface area contributed by atoms with Gasteiger partial charge in [-0.1, -0.05) is 13.8 Å². The van der Waals surface area contributed by atoms with Crippen LogP contribution in [-0.2, 0) is 0 Å². The molecule has 1 aliphatic rings. The molecule has 0 aromatic heterocycles. The van der Waals surface area contributed by atoms with Crippen molar-refractivity contribution >= 4 is 22.6 Å². The van der Waals surface area contributed by atoms with Crippen LogP contribution in [0, 0.1) is 15.4 Å². The first-order valence-corrected chi connectivity index (χ1v) is 7.13. The van der Waals surface area contributed by atoms with E-state index >= 15 is 0 Å². The Labute approximate surface area is 112 Å². The van der Waals surface area contributed by atoms with Crippen molar-refractivity contribution in [1.29, 1.82) is 0 Å². The minimum absolute atomic E-state index is 0.416. The number of benzene rings is 1. The van der Waals surface area contributed by atoms with E-state index in [-0.39, 0.29) is 0 Å². The van der Waals surface area contributed by atoms with E-state index in [9.17, 15) is 0 Å². The predicted octanol–water partition coefficient (Wildman–Crippen LogP) is 4.49. The Morgan fingerprint density at radius 2 is 1.56 bits per heavy atom. The summed E-state index contributed by atoms with van der Waals surface area (Å²) in [6.45, 7) is 4.67. The molecule has 0 heterocycles. The SMILES string of the molecule is CC1CC(C)CC(Oc2ccc(I)cc2)C1. The first kappa shape index (κ1) is 12.2. The molecule has 1 aromatic carbocycles. The second-order valence-corrected chi connectivity index (χ2v) is 6.36. The number of hydrogen-bond donors (Lipinski definition) is 0. The number of rotatable bonds is 2. The molecule has 0 saturated heterocycles. The van der Waals surface area contributed by atoms with Crippen LogP contribution in [-0.4, -0.2) is 6.10 Å². The minimum Gasteiger partial charge on any atom is -0.490 e. The molecule has 0 spiro atoms. The van der Waals surface area contributed by atoms with Crippen LogP contribution >= 0.6 is 22.6 Å². The zero-order chi connectivity index (χ0) is 11.5. The van der Waals surface area contributed by atoms with Gasteiger partial charge >= 0.3 is 0 Å². The van der Waals surface area contributed by atoms with Gasteiger partial charge in [0.2, 0.25) is 0 Å². The first-order valence-electron chi connectivity index (χ1n) is 6.05. The van der Waals surface area contributed by atoms with Crippen molar-refractivity contribution in [3.05, 3.63) is 27.8 Å². The van der Waals surface area contributed by atoms with E-state index in [1.54, 1.807) is 0 Å². The summed E-state index contributed by atoms with van der Waals surface area (Å²) in [5.41, 5.74) is 0. The monoisotopic (exact) mass is 330 g/mol. The molecule has 2 atom stereocenters. The van der Waals surface area contributed by atoms with E-state index in [0.29, 0.717) is 6.10 Å². The maximum absolute atomic E-state index is 6.05. The quantitative estimate of drug-likeness (QED) is 0.726. The zero-order valence-electron chi connectivity index (χ0n) is 9.95. The molecular weight excluding hydrogens is 311 g/mol. The first-order chi connectivity index (χ1) is 7.63. The highest BCUT2D eigenvalue weighted by atomic mass is 127. The van der Waals surface area contributed by atoms with Gasteiger partial charge in [0.15, 0.2) is 0 Å². The largest absolute Gasteiger partial charge is 0.490 e. The molecule has 1 saturated carbocycles. The van der Waals surface area contributed by atoms with Gasteiger partial charge in [-0.2, -0.15) is 0 Å². The molecule has 1 aliphatic carbocycles. The molecular formula is C14H19IO. The standard InChI is InChI=1S/C14H19IO/c1-10-7-11(2)9-14(8-10)16-13-5-3-12(15)4-6-13/h3-6,10-11,14H,7-9H2,1-2H3. The molecule has 0 bridgehead atoms. The van der Waals surface area contributed by atoms with Crippen molar-refractivity contribution in [2.75, 3.05) is 0 Å². The van der Waals surface area contributed by atoms with Crippen LogP contribution in [0.1, 0.15) is 33.1 Å². The van der Waals surface area contributed by atoms with Crippen LogP contribution in [0.3, 0.4) is 0 Å². The van der Waals surface area contributed by atoms with Crippen LogP contribution in [0.2, 0.25) is 0 Å². The summed E-state index contributed by atoms with van der Waals surface area (Å²) in [5, 5.41) is 0. The lowest BCUT2D eigenvalue weighted by Crippen LogP contribution is -2.28. The van der Waals surface area contributed by atoms with E-state index < -0.39 is 0 Å². The van der Waals surface area contributed by atoms with Gasteiger partial charge in [-0.25, -0.2) is 0 Å². The van der Waals surface area contributed by atoms with E-state index in [2.05, 4.69) is 60.7 Å². The summed E-state index contributed by atoms with van der Waals surface area (Å²) in [5.74, 6) is 2.63. The smallest absolute Gasteiger partial charge is 0.119 e. The summed E-state index contributed by atoms with van der Waals surface area (Å²) in [7, 11) is 0. The second-order valence-electron chi connectivity index (χ2n) is 5.11. The van der Waals surface area contributed by atoms with Crippen molar-refractivity contribution < 1.29 is 4.74 Å². The van der Waals surface area contributed by atoms with Crippen LogP contribution in [0.15, 0.2) is 24.3 Å².